The van der Waals surface area contributed by atoms with E-state index < -0.39 is 0 Å². The predicted molar refractivity (Wildman–Crippen MR) is 87.9 cm³/mol. The van der Waals surface area contributed by atoms with Gasteiger partial charge in [0.05, 0.1) is 6.61 Å². The van der Waals surface area contributed by atoms with Crippen LogP contribution in [0.15, 0.2) is 60.7 Å². The van der Waals surface area contributed by atoms with Gasteiger partial charge >= 0.3 is 0 Å². The second-order valence-electron chi connectivity index (χ2n) is 5.50. The molecule has 0 aliphatic heterocycles. The third-order valence-corrected chi connectivity index (χ3v) is 3.81. The lowest BCUT2D eigenvalue weighted by molar-refractivity contribution is 0.103. The van der Waals surface area contributed by atoms with Gasteiger partial charge in [-0.05, 0) is 17.5 Å². The summed E-state index contributed by atoms with van der Waals surface area (Å²) in [7, 11) is 0. The van der Waals surface area contributed by atoms with Gasteiger partial charge in [-0.3, -0.25) is 4.90 Å². The summed E-state index contributed by atoms with van der Waals surface area (Å²) in [4.78, 5) is 2.38. The molecular formula is C19H25NO. The second kappa shape index (κ2) is 8.60. The van der Waals surface area contributed by atoms with E-state index in [1.165, 1.54) is 11.1 Å². The van der Waals surface area contributed by atoms with Crippen LogP contribution in [0.4, 0.5) is 0 Å². The summed E-state index contributed by atoms with van der Waals surface area (Å²) in [5.41, 5.74) is 2.59. The molecule has 0 heterocycles. The van der Waals surface area contributed by atoms with E-state index in [0.29, 0.717) is 0 Å². The minimum atomic E-state index is 0.216. The normalized spacial score (nSPS) is 12.5. The van der Waals surface area contributed by atoms with Gasteiger partial charge in [-0.2, -0.15) is 0 Å². The lowest BCUT2D eigenvalue weighted by Crippen LogP contribution is -2.37. The Labute approximate surface area is 128 Å². The van der Waals surface area contributed by atoms with E-state index in [9.17, 15) is 5.11 Å². The van der Waals surface area contributed by atoms with Gasteiger partial charge < -0.3 is 5.11 Å². The van der Waals surface area contributed by atoms with Gasteiger partial charge in [0, 0.05) is 19.1 Å². The van der Waals surface area contributed by atoms with Crippen molar-refractivity contribution in [3.05, 3.63) is 71.8 Å². The second-order valence-corrected chi connectivity index (χ2v) is 5.50. The molecular weight excluding hydrogens is 258 g/mol. The van der Waals surface area contributed by atoms with Gasteiger partial charge in [0.2, 0.25) is 0 Å². The number of rotatable bonds is 8. The summed E-state index contributed by atoms with van der Waals surface area (Å²) in [6.07, 6.45) is 2.11. The van der Waals surface area contributed by atoms with Crippen LogP contribution in [0.25, 0.3) is 0 Å². The minimum Gasteiger partial charge on any atom is -0.395 e. The topological polar surface area (TPSA) is 23.5 Å². The Morgan fingerprint density at radius 2 is 1.33 bits per heavy atom. The summed E-state index contributed by atoms with van der Waals surface area (Å²) in [5.74, 6) is 0. The number of nitrogens with zero attached hydrogens (tertiary/aromatic N) is 1. The lowest BCUT2D eigenvalue weighted by Gasteiger charge is -2.30. The summed E-state index contributed by atoms with van der Waals surface area (Å²) in [6.45, 7) is 4.14. The van der Waals surface area contributed by atoms with E-state index in [0.717, 1.165) is 25.9 Å². The van der Waals surface area contributed by atoms with Crippen LogP contribution in [0.3, 0.4) is 0 Å². The smallest absolute Gasteiger partial charge is 0.0587 e. The molecule has 1 N–H and O–H groups in total. The fourth-order valence-corrected chi connectivity index (χ4v) is 2.67. The van der Waals surface area contributed by atoms with Crippen molar-refractivity contribution in [3.8, 4) is 0 Å². The predicted octanol–water partition coefficient (Wildman–Crippen LogP) is 3.85. The maximum absolute atomic E-state index is 9.74. The zero-order chi connectivity index (χ0) is 14.9. The van der Waals surface area contributed by atoms with Crippen LogP contribution in [-0.4, -0.2) is 22.7 Å². The molecule has 2 nitrogen and oxygen atoms in total. The molecule has 0 saturated carbocycles. The fourth-order valence-electron chi connectivity index (χ4n) is 2.67. The van der Waals surface area contributed by atoms with Gasteiger partial charge in [-0.1, -0.05) is 74.0 Å². The maximum Gasteiger partial charge on any atom is 0.0587 e. The first-order chi connectivity index (χ1) is 10.3. The molecule has 2 heteroatoms. The summed E-state index contributed by atoms with van der Waals surface area (Å²) in [6, 6.07) is 21.2. The molecule has 112 valence electrons. The fraction of sp³-hybridized carbons (Fsp3) is 0.368. The molecule has 0 saturated heterocycles. The van der Waals surface area contributed by atoms with Crippen molar-refractivity contribution >= 4 is 0 Å². The Morgan fingerprint density at radius 3 is 1.71 bits per heavy atom. The monoisotopic (exact) mass is 283 g/mol. The SMILES string of the molecule is CCC[C@H](CO)N(Cc1ccccc1)Cc1ccccc1. The van der Waals surface area contributed by atoms with Crippen molar-refractivity contribution in [2.75, 3.05) is 6.61 Å². The molecule has 0 fully saturated rings. The molecule has 0 spiro atoms. The van der Waals surface area contributed by atoms with Gasteiger partial charge in [0.15, 0.2) is 0 Å². The Morgan fingerprint density at radius 1 is 0.857 bits per heavy atom. The van der Waals surface area contributed by atoms with Crippen molar-refractivity contribution < 1.29 is 5.11 Å². The van der Waals surface area contributed by atoms with E-state index in [2.05, 4.69) is 60.4 Å². The molecule has 0 amide bonds. The standard InChI is InChI=1S/C19H25NO/c1-2-9-19(16-21)20(14-17-10-5-3-6-11-17)15-18-12-7-4-8-13-18/h3-8,10-13,19,21H,2,9,14-16H2,1H3/t19-/m1/s1. The quantitative estimate of drug-likeness (QED) is 0.795. The van der Waals surface area contributed by atoms with Crippen LogP contribution in [0.5, 0.6) is 0 Å². The third-order valence-electron chi connectivity index (χ3n) is 3.81. The third kappa shape index (κ3) is 5.00. The van der Waals surface area contributed by atoms with E-state index >= 15 is 0 Å². The number of aliphatic hydroxyl groups is 1. The largest absolute Gasteiger partial charge is 0.395 e. The molecule has 0 bridgehead atoms. The number of aliphatic hydroxyl groups excluding tert-OH is 1. The first kappa shape index (κ1) is 15.7. The van der Waals surface area contributed by atoms with Crippen molar-refractivity contribution in [2.45, 2.75) is 38.9 Å². The highest BCUT2D eigenvalue weighted by molar-refractivity contribution is 5.17. The average Bonchev–Trinajstić information content (AvgIpc) is 2.54. The molecule has 0 aliphatic carbocycles. The molecule has 2 rings (SSSR count). The van der Waals surface area contributed by atoms with E-state index in [1.807, 2.05) is 12.1 Å². The van der Waals surface area contributed by atoms with Crippen LogP contribution in [0, 0.1) is 0 Å². The molecule has 0 radical (unpaired) electrons. The molecule has 0 unspecified atom stereocenters. The molecule has 0 aromatic heterocycles. The highest BCUT2D eigenvalue weighted by Crippen LogP contribution is 2.16. The number of hydrogen-bond acceptors (Lipinski definition) is 2. The highest BCUT2D eigenvalue weighted by atomic mass is 16.3. The van der Waals surface area contributed by atoms with Crippen molar-refractivity contribution in [2.24, 2.45) is 0 Å². The zero-order valence-corrected chi connectivity index (χ0v) is 12.8. The van der Waals surface area contributed by atoms with Crippen molar-refractivity contribution in [1.29, 1.82) is 0 Å². The zero-order valence-electron chi connectivity index (χ0n) is 12.8. The van der Waals surface area contributed by atoms with Gasteiger partial charge in [0.1, 0.15) is 0 Å². The minimum absolute atomic E-state index is 0.216. The summed E-state index contributed by atoms with van der Waals surface area (Å²) < 4.78 is 0. The van der Waals surface area contributed by atoms with E-state index in [1.54, 1.807) is 0 Å². The van der Waals surface area contributed by atoms with Crippen LogP contribution in [0.1, 0.15) is 30.9 Å². The van der Waals surface area contributed by atoms with Crippen molar-refractivity contribution in [1.82, 2.24) is 4.90 Å². The Kier molecular flexibility index (Phi) is 6.45. The first-order valence-electron chi connectivity index (χ1n) is 7.76. The van der Waals surface area contributed by atoms with Crippen molar-refractivity contribution in [3.63, 3.8) is 0 Å². The van der Waals surface area contributed by atoms with Crippen LogP contribution in [-0.2, 0) is 13.1 Å². The molecule has 2 aromatic rings. The highest BCUT2D eigenvalue weighted by Gasteiger charge is 2.17. The van der Waals surface area contributed by atoms with E-state index in [4.69, 9.17) is 0 Å². The summed E-state index contributed by atoms with van der Waals surface area (Å²) in [5, 5.41) is 9.74. The first-order valence-corrected chi connectivity index (χ1v) is 7.76. The molecule has 1 atom stereocenters. The van der Waals surface area contributed by atoms with Gasteiger partial charge in [0.25, 0.3) is 0 Å². The van der Waals surface area contributed by atoms with Gasteiger partial charge in [-0.25, -0.2) is 0 Å². The Bertz CT molecular complexity index is 456. The van der Waals surface area contributed by atoms with E-state index in [-0.39, 0.29) is 12.6 Å². The maximum atomic E-state index is 9.74. The Balaban J connectivity index is 2.13. The van der Waals surface area contributed by atoms with Gasteiger partial charge in [-0.15, -0.1) is 0 Å². The lowest BCUT2D eigenvalue weighted by atomic mass is 10.1. The average molecular weight is 283 g/mol. The Hall–Kier alpha value is -1.64. The number of benzene rings is 2. The molecule has 0 aliphatic rings. The summed E-state index contributed by atoms with van der Waals surface area (Å²) >= 11 is 0. The van der Waals surface area contributed by atoms with Crippen LogP contribution < -0.4 is 0 Å². The van der Waals surface area contributed by atoms with Crippen LogP contribution in [0.2, 0.25) is 0 Å². The number of hydrogen-bond donors (Lipinski definition) is 1. The molecule has 2 aromatic carbocycles. The molecule has 21 heavy (non-hydrogen) atoms. The van der Waals surface area contributed by atoms with Crippen LogP contribution >= 0.6 is 0 Å².